The van der Waals surface area contributed by atoms with Crippen molar-refractivity contribution in [3.05, 3.63) is 47.5 Å². The average molecular weight is 743 g/mol. The predicted molar refractivity (Wildman–Crippen MR) is 214 cm³/mol. The van der Waals surface area contributed by atoms with Crippen LogP contribution in [0, 0.1) is 68.5 Å². The largest absolute Gasteiger partial charge is 0.481 e. The topological polar surface area (TPSA) is 116 Å². The molecule has 0 aromatic heterocycles. The van der Waals surface area contributed by atoms with Crippen LogP contribution in [0.15, 0.2) is 36.4 Å². The first-order valence-corrected chi connectivity index (χ1v) is 21.7. The van der Waals surface area contributed by atoms with E-state index in [2.05, 4.69) is 58.8 Å². The number of carbonyl (C=O) groups excluding carboxylic acids is 2. The molecule has 4 N–H and O–H groups in total. The van der Waals surface area contributed by atoms with Gasteiger partial charge in [0.05, 0.1) is 17.4 Å². The molecule has 2 amide bonds. The van der Waals surface area contributed by atoms with Gasteiger partial charge in [-0.15, -0.1) is 0 Å². The van der Waals surface area contributed by atoms with E-state index in [4.69, 9.17) is 0 Å². The van der Waals surface area contributed by atoms with Crippen LogP contribution in [-0.2, 0) is 16.0 Å². The maximum absolute atomic E-state index is 14.6. The summed E-state index contributed by atoms with van der Waals surface area (Å²) in [7, 11) is 0. The van der Waals surface area contributed by atoms with Crippen LogP contribution in [0.3, 0.4) is 0 Å². The minimum Gasteiger partial charge on any atom is -0.481 e. The number of carboxylic acids is 1. The van der Waals surface area contributed by atoms with E-state index in [1.54, 1.807) is 0 Å². The number of rotatable bonds is 9. The normalized spacial score (nSPS) is 42.4. The molecule has 1 aromatic rings. The zero-order valence-electron chi connectivity index (χ0n) is 34.3. The van der Waals surface area contributed by atoms with E-state index in [0.717, 1.165) is 56.9 Å². The maximum atomic E-state index is 14.6. The lowest BCUT2D eigenvalue weighted by atomic mass is 9.32. The summed E-state index contributed by atoms with van der Waals surface area (Å²) in [4.78, 5) is 39.1. The number of allylic oxidation sites excluding steroid dienone is 1. The number of aliphatic hydroxyl groups excluding tert-OH is 1. The summed E-state index contributed by atoms with van der Waals surface area (Å²) < 4.78 is 0. The molecule has 0 bridgehead atoms. The van der Waals surface area contributed by atoms with Gasteiger partial charge in [0.1, 0.15) is 0 Å². The molecule has 6 aliphatic carbocycles. The highest BCUT2D eigenvalue weighted by atomic mass is 16.4. The molecular weight excluding hydrogens is 673 g/mol. The second-order valence-corrected chi connectivity index (χ2v) is 20.7. The molecule has 0 aliphatic heterocycles. The molecule has 10 atom stereocenters. The molecule has 7 heteroatoms. The number of hydrogen-bond donors (Lipinski definition) is 4. The lowest BCUT2D eigenvalue weighted by Gasteiger charge is -2.72. The van der Waals surface area contributed by atoms with Crippen LogP contribution < -0.4 is 10.6 Å². The van der Waals surface area contributed by atoms with E-state index in [0.29, 0.717) is 73.4 Å². The smallest absolute Gasteiger partial charge is 0.306 e. The zero-order valence-corrected chi connectivity index (χ0v) is 34.3. The molecule has 54 heavy (non-hydrogen) atoms. The van der Waals surface area contributed by atoms with Gasteiger partial charge in [0.25, 0.3) is 5.91 Å². The summed E-state index contributed by atoms with van der Waals surface area (Å²) in [5, 5.41) is 26.9. The SMILES string of the molecule is C=C(C)[C@@H]1CC[C@]2(C(=O)NCCc3cccc(C(=O)NCC4CCC(C(=O)O)CC4)c3)CC[C@]3(C)C(CCC4[C@@]5(C)CC[C@H](O)C(C)(C)C5CC[C@]43C)C12. The van der Waals surface area contributed by atoms with Gasteiger partial charge in [-0.3, -0.25) is 14.4 Å². The van der Waals surface area contributed by atoms with Crippen molar-refractivity contribution in [2.75, 3.05) is 13.1 Å². The zero-order chi connectivity index (χ0) is 38.8. The number of hydrogen-bond acceptors (Lipinski definition) is 4. The molecule has 0 saturated heterocycles. The van der Waals surface area contributed by atoms with E-state index in [-0.39, 0.29) is 50.9 Å². The highest BCUT2D eigenvalue weighted by Crippen LogP contribution is 2.77. The second kappa shape index (κ2) is 14.4. The minimum absolute atomic E-state index is 0.0543. The number of aliphatic carboxylic acids is 1. The molecule has 0 spiro atoms. The van der Waals surface area contributed by atoms with Crippen LogP contribution in [0.2, 0.25) is 0 Å². The molecule has 0 radical (unpaired) electrons. The van der Waals surface area contributed by atoms with Gasteiger partial charge in [-0.1, -0.05) is 58.9 Å². The lowest BCUT2D eigenvalue weighted by Crippen LogP contribution is -2.67. The molecule has 0 heterocycles. The van der Waals surface area contributed by atoms with Gasteiger partial charge in [0.2, 0.25) is 5.91 Å². The Kier molecular flexibility index (Phi) is 10.5. The molecule has 6 fully saturated rings. The van der Waals surface area contributed by atoms with Crippen LogP contribution in [0.25, 0.3) is 0 Å². The van der Waals surface area contributed by atoms with E-state index in [9.17, 15) is 24.6 Å². The monoisotopic (exact) mass is 743 g/mol. The number of amides is 2. The van der Waals surface area contributed by atoms with E-state index in [1.165, 1.54) is 31.3 Å². The number of nitrogens with one attached hydrogen (secondary N) is 2. The van der Waals surface area contributed by atoms with Crippen LogP contribution in [0.4, 0.5) is 0 Å². The first-order chi connectivity index (χ1) is 25.5. The average Bonchev–Trinajstić information content (AvgIpc) is 3.54. The Hall–Kier alpha value is -2.67. The van der Waals surface area contributed by atoms with Gasteiger partial charge < -0.3 is 20.8 Å². The van der Waals surface area contributed by atoms with Gasteiger partial charge in [-0.2, -0.15) is 0 Å². The molecule has 298 valence electrons. The summed E-state index contributed by atoms with van der Waals surface area (Å²) in [6.45, 7) is 20.4. The van der Waals surface area contributed by atoms with Gasteiger partial charge in [0.15, 0.2) is 0 Å². The Balaban J connectivity index is 1.02. The van der Waals surface area contributed by atoms with Gasteiger partial charge in [-0.05, 0) is 178 Å². The summed E-state index contributed by atoms with van der Waals surface area (Å²) in [6.07, 6.45) is 14.3. The fourth-order valence-corrected chi connectivity index (χ4v) is 14.8. The fourth-order valence-electron chi connectivity index (χ4n) is 14.8. The molecule has 1 aromatic carbocycles. The Morgan fingerprint density at radius 3 is 2.26 bits per heavy atom. The van der Waals surface area contributed by atoms with E-state index >= 15 is 0 Å². The van der Waals surface area contributed by atoms with Crippen molar-refractivity contribution in [3.63, 3.8) is 0 Å². The Morgan fingerprint density at radius 1 is 0.815 bits per heavy atom. The van der Waals surface area contributed by atoms with Crippen molar-refractivity contribution in [3.8, 4) is 0 Å². The first-order valence-electron chi connectivity index (χ1n) is 21.7. The molecular formula is C47H70N2O5. The van der Waals surface area contributed by atoms with Crippen molar-refractivity contribution < 1.29 is 24.6 Å². The van der Waals surface area contributed by atoms with Crippen LogP contribution in [-0.4, -0.2) is 47.2 Å². The number of carboxylic acid groups (broad SMARTS) is 1. The molecule has 4 unspecified atom stereocenters. The Morgan fingerprint density at radius 2 is 1.56 bits per heavy atom. The quantitative estimate of drug-likeness (QED) is 0.189. The molecule has 6 aliphatic rings. The third kappa shape index (κ3) is 6.29. The Bertz CT molecular complexity index is 1630. The highest BCUT2D eigenvalue weighted by molar-refractivity contribution is 5.94. The number of aliphatic hydroxyl groups is 1. The van der Waals surface area contributed by atoms with Crippen molar-refractivity contribution in [1.29, 1.82) is 0 Å². The van der Waals surface area contributed by atoms with Gasteiger partial charge in [0, 0.05) is 18.7 Å². The third-order valence-electron chi connectivity index (χ3n) is 18.1. The fraction of sp³-hybridized carbons (Fsp3) is 0.766. The lowest BCUT2D eigenvalue weighted by molar-refractivity contribution is -0.246. The standard InChI is InChI=1S/C47H70N2O5/c1-29(2)34-17-23-47(42(54)48-26-20-30-9-8-10-33(27-30)40(51)49-28-31-11-13-32(14-12-31)41(52)53)25-24-45(6)35(39(34)47)15-16-37-44(5)21-19-38(50)43(3,4)36(44)18-22-46(37,45)7/h8-10,27,31-32,34-39,50H,1,11-26,28H2,2-7H3,(H,48,54)(H,49,51)(H,52,53)/t31?,32?,34-,35?,36?,37?,38-,39?,44-,45+,46+,47-/m0/s1. The maximum Gasteiger partial charge on any atom is 0.306 e. The Labute approximate surface area is 325 Å². The van der Waals surface area contributed by atoms with Gasteiger partial charge in [-0.25, -0.2) is 0 Å². The number of benzene rings is 1. The summed E-state index contributed by atoms with van der Waals surface area (Å²) >= 11 is 0. The third-order valence-corrected chi connectivity index (χ3v) is 18.1. The number of carbonyl (C=O) groups is 3. The summed E-state index contributed by atoms with van der Waals surface area (Å²) in [5.74, 6) is 1.86. The predicted octanol–water partition coefficient (Wildman–Crippen LogP) is 8.98. The van der Waals surface area contributed by atoms with Crippen LogP contribution >= 0.6 is 0 Å². The summed E-state index contributed by atoms with van der Waals surface area (Å²) in [5.41, 5.74) is 3.10. The van der Waals surface area contributed by atoms with Crippen LogP contribution in [0.1, 0.15) is 147 Å². The molecule has 6 saturated carbocycles. The van der Waals surface area contributed by atoms with Crippen molar-refractivity contribution in [1.82, 2.24) is 10.6 Å². The molecule has 7 rings (SSSR count). The van der Waals surface area contributed by atoms with Gasteiger partial charge >= 0.3 is 5.97 Å². The van der Waals surface area contributed by atoms with Crippen LogP contribution in [0.5, 0.6) is 0 Å². The summed E-state index contributed by atoms with van der Waals surface area (Å²) in [6, 6.07) is 7.76. The van der Waals surface area contributed by atoms with E-state index < -0.39 is 5.97 Å². The minimum atomic E-state index is -0.707. The van der Waals surface area contributed by atoms with Crippen molar-refractivity contribution in [2.24, 2.45) is 68.5 Å². The van der Waals surface area contributed by atoms with E-state index in [1.807, 2.05) is 24.3 Å². The molecule has 7 nitrogen and oxygen atoms in total. The second-order valence-electron chi connectivity index (χ2n) is 20.7. The number of fused-ring (bicyclic) bond motifs is 7. The highest BCUT2D eigenvalue weighted by Gasteiger charge is 2.71. The first kappa shape index (κ1) is 39.6. The van der Waals surface area contributed by atoms with Crippen molar-refractivity contribution >= 4 is 17.8 Å². The van der Waals surface area contributed by atoms with Crippen molar-refractivity contribution in [2.45, 2.75) is 144 Å².